The third-order valence-electron chi connectivity index (χ3n) is 13.7. The van der Waals surface area contributed by atoms with Crippen molar-refractivity contribution < 1.29 is 19.2 Å². The molecular weight excluding hydrogens is 765 g/mol. The normalized spacial score (nSPS) is 14.1. The SMILES string of the molecule is CCCCCCCCc1cc(C(C)C)c(N2C(=O)c3ccc4c5ccc6c7c(ccc(c8ccc(c3c48)C2=O)c75)C(=O)N(c2ccc(CCCCCC)cc2)C6=O)c(C(C)C)c1. The van der Waals surface area contributed by atoms with Crippen LogP contribution in [0.4, 0.5) is 11.4 Å². The fourth-order valence-corrected chi connectivity index (χ4v) is 10.4. The standard InChI is InChI=1S/C56H58N2O4/c1-7-9-11-13-14-16-18-36-31-46(33(3)4)52(47(32-36)34(5)6)58-55(61)44-29-25-40-38-23-27-42-50-43(28-24-39(48(38)50)41-26-30-45(56(58)62)51(44)49(40)41)54(60)57(53(42)59)37-21-19-35(20-22-37)17-15-12-10-8-2/h19-34H,7-18H2,1-6H3. The summed E-state index contributed by atoms with van der Waals surface area (Å²) in [5.74, 6) is -1.11. The Labute approximate surface area is 365 Å². The second-order valence-electron chi connectivity index (χ2n) is 18.5. The summed E-state index contributed by atoms with van der Waals surface area (Å²) in [5.41, 5.74) is 7.78. The molecular formula is C56H58N2O4. The van der Waals surface area contributed by atoms with E-state index in [0.717, 1.165) is 74.8 Å². The predicted molar refractivity (Wildman–Crippen MR) is 256 cm³/mol. The number of amides is 4. The maximum atomic E-state index is 15.0. The number of nitrogens with zero attached hydrogens (tertiary/aromatic N) is 2. The molecule has 0 saturated heterocycles. The summed E-state index contributed by atoms with van der Waals surface area (Å²) in [6, 6.07) is 27.6. The third-order valence-corrected chi connectivity index (χ3v) is 13.7. The highest BCUT2D eigenvalue weighted by Gasteiger charge is 2.39. The Balaban J connectivity index is 1.11. The number of aryl methyl sites for hydroxylation is 2. The van der Waals surface area contributed by atoms with Crippen molar-refractivity contribution in [1.82, 2.24) is 0 Å². The van der Waals surface area contributed by atoms with Crippen molar-refractivity contribution in [2.45, 2.75) is 130 Å². The number of rotatable bonds is 16. The zero-order valence-electron chi connectivity index (χ0n) is 37.3. The smallest absolute Gasteiger partial charge is 0.266 e. The van der Waals surface area contributed by atoms with Crippen molar-refractivity contribution in [1.29, 1.82) is 0 Å². The van der Waals surface area contributed by atoms with E-state index in [4.69, 9.17) is 0 Å². The molecule has 0 bridgehead atoms. The number of benzene rings is 7. The van der Waals surface area contributed by atoms with Crippen LogP contribution in [0.25, 0.3) is 43.1 Å². The van der Waals surface area contributed by atoms with Crippen LogP contribution in [0.5, 0.6) is 0 Å². The van der Waals surface area contributed by atoms with Gasteiger partial charge in [-0.3, -0.25) is 19.2 Å². The van der Waals surface area contributed by atoms with Crippen molar-refractivity contribution in [3.05, 3.63) is 129 Å². The number of carbonyl (C=O) groups excluding carboxylic acids is 4. The van der Waals surface area contributed by atoms with E-state index < -0.39 is 0 Å². The van der Waals surface area contributed by atoms with Crippen molar-refractivity contribution in [2.24, 2.45) is 0 Å². The molecule has 7 aromatic rings. The lowest BCUT2D eigenvalue weighted by atomic mass is 9.81. The summed E-state index contributed by atoms with van der Waals surface area (Å²) in [4.78, 5) is 61.4. The van der Waals surface area contributed by atoms with Gasteiger partial charge in [-0.05, 0) is 128 Å². The Morgan fingerprint density at radius 1 is 0.403 bits per heavy atom. The van der Waals surface area contributed by atoms with Crippen molar-refractivity contribution >= 4 is 78.1 Å². The predicted octanol–water partition coefficient (Wildman–Crippen LogP) is 14.6. The molecule has 0 atom stereocenters. The Bertz CT molecular complexity index is 2770. The molecule has 0 N–H and O–H groups in total. The summed E-state index contributed by atoms with van der Waals surface area (Å²) >= 11 is 0. The van der Waals surface area contributed by atoms with Gasteiger partial charge in [-0.15, -0.1) is 0 Å². The van der Waals surface area contributed by atoms with E-state index in [1.54, 1.807) is 0 Å². The van der Waals surface area contributed by atoms with E-state index in [0.29, 0.717) is 38.7 Å². The topological polar surface area (TPSA) is 74.8 Å². The molecule has 0 radical (unpaired) electrons. The molecule has 0 spiro atoms. The third kappa shape index (κ3) is 6.78. The number of hydrogen-bond acceptors (Lipinski definition) is 4. The minimum absolute atomic E-state index is 0.0967. The zero-order chi connectivity index (χ0) is 43.4. The minimum atomic E-state index is -0.341. The number of unbranched alkanes of at least 4 members (excludes halogenated alkanes) is 8. The molecule has 62 heavy (non-hydrogen) atoms. The Kier molecular flexibility index (Phi) is 11.2. The highest BCUT2D eigenvalue weighted by molar-refractivity contribution is 6.45. The van der Waals surface area contributed by atoms with E-state index in [1.165, 1.54) is 72.3 Å². The molecule has 6 nitrogen and oxygen atoms in total. The van der Waals surface area contributed by atoms with Gasteiger partial charge in [-0.25, -0.2) is 9.80 Å². The van der Waals surface area contributed by atoms with E-state index in [-0.39, 0.29) is 35.5 Å². The summed E-state index contributed by atoms with van der Waals surface area (Å²) in [6.45, 7) is 13.0. The highest BCUT2D eigenvalue weighted by Crippen LogP contribution is 2.48. The van der Waals surface area contributed by atoms with Crippen LogP contribution in [0.1, 0.15) is 181 Å². The number of carbonyl (C=O) groups is 4. The maximum absolute atomic E-state index is 15.0. The first-order chi connectivity index (χ1) is 30.0. The van der Waals surface area contributed by atoms with Gasteiger partial charge < -0.3 is 0 Å². The molecule has 7 aromatic carbocycles. The van der Waals surface area contributed by atoms with Crippen molar-refractivity contribution in [3.8, 4) is 0 Å². The molecule has 2 aliphatic heterocycles. The van der Waals surface area contributed by atoms with Gasteiger partial charge in [0.1, 0.15) is 0 Å². The van der Waals surface area contributed by atoms with Crippen LogP contribution in [-0.4, -0.2) is 23.6 Å². The molecule has 9 rings (SSSR count). The van der Waals surface area contributed by atoms with E-state index in [1.807, 2.05) is 72.8 Å². The molecule has 0 unspecified atom stereocenters. The average molecular weight is 823 g/mol. The van der Waals surface area contributed by atoms with E-state index in [9.17, 15) is 19.2 Å². The first kappa shape index (κ1) is 41.5. The lowest BCUT2D eigenvalue weighted by Gasteiger charge is -2.33. The highest BCUT2D eigenvalue weighted by atomic mass is 16.2. The van der Waals surface area contributed by atoms with Gasteiger partial charge in [0.15, 0.2) is 0 Å². The lowest BCUT2D eigenvalue weighted by molar-refractivity contribution is 0.0877. The number of hydrogen-bond donors (Lipinski definition) is 0. The fraction of sp³-hybridized carbons (Fsp3) is 0.357. The van der Waals surface area contributed by atoms with E-state index in [2.05, 4.69) is 53.7 Å². The largest absolute Gasteiger partial charge is 0.268 e. The van der Waals surface area contributed by atoms with Crippen LogP contribution >= 0.6 is 0 Å². The van der Waals surface area contributed by atoms with Gasteiger partial charge in [0, 0.05) is 33.0 Å². The summed E-state index contributed by atoms with van der Waals surface area (Å²) in [6.07, 6.45) is 14.0. The number of fused-ring (bicyclic) bond motifs is 2. The van der Waals surface area contributed by atoms with Crippen LogP contribution in [0.2, 0.25) is 0 Å². The van der Waals surface area contributed by atoms with Gasteiger partial charge in [-0.1, -0.05) is 141 Å². The summed E-state index contributed by atoms with van der Waals surface area (Å²) < 4.78 is 0. The number of imide groups is 2. The zero-order valence-corrected chi connectivity index (χ0v) is 37.3. The van der Waals surface area contributed by atoms with Gasteiger partial charge in [0.2, 0.25) is 0 Å². The van der Waals surface area contributed by atoms with Crippen LogP contribution in [-0.2, 0) is 12.8 Å². The second-order valence-corrected chi connectivity index (χ2v) is 18.5. The first-order valence-corrected chi connectivity index (χ1v) is 23.3. The fourth-order valence-electron chi connectivity index (χ4n) is 10.4. The summed E-state index contributed by atoms with van der Waals surface area (Å²) in [7, 11) is 0. The molecule has 316 valence electrons. The molecule has 0 aliphatic carbocycles. The average Bonchev–Trinajstić information content (AvgIpc) is 3.27. The Hall–Kier alpha value is -5.88. The monoisotopic (exact) mass is 822 g/mol. The quantitative estimate of drug-likeness (QED) is 0.0421. The van der Waals surface area contributed by atoms with Crippen LogP contribution in [0.15, 0.2) is 84.9 Å². The maximum Gasteiger partial charge on any atom is 0.266 e. The Morgan fingerprint density at radius 3 is 1.19 bits per heavy atom. The lowest BCUT2D eigenvalue weighted by Crippen LogP contribution is -2.42. The van der Waals surface area contributed by atoms with Gasteiger partial charge in [0.05, 0.1) is 11.4 Å². The number of anilines is 2. The van der Waals surface area contributed by atoms with Crippen LogP contribution in [0.3, 0.4) is 0 Å². The van der Waals surface area contributed by atoms with Crippen molar-refractivity contribution in [2.75, 3.05) is 9.80 Å². The molecule has 4 amide bonds. The second kappa shape index (κ2) is 16.8. The molecule has 0 aromatic heterocycles. The van der Waals surface area contributed by atoms with Gasteiger partial charge in [0.25, 0.3) is 23.6 Å². The molecule has 6 heteroatoms. The molecule has 0 fully saturated rings. The van der Waals surface area contributed by atoms with Gasteiger partial charge >= 0.3 is 0 Å². The minimum Gasteiger partial charge on any atom is -0.268 e. The first-order valence-electron chi connectivity index (χ1n) is 23.3. The van der Waals surface area contributed by atoms with Gasteiger partial charge in [-0.2, -0.15) is 0 Å². The molecule has 0 saturated carbocycles. The summed E-state index contributed by atoms with van der Waals surface area (Å²) in [5, 5.41) is 6.53. The van der Waals surface area contributed by atoms with E-state index >= 15 is 0 Å². The Morgan fingerprint density at radius 2 is 0.774 bits per heavy atom. The van der Waals surface area contributed by atoms with Crippen LogP contribution in [0, 0.1) is 0 Å². The van der Waals surface area contributed by atoms with Crippen molar-refractivity contribution in [3.63, 3.8) is 0 Å². The molecule has 2 heterocycles. The van der Waals surface area contributed by atoms with Crippen LogP contribution < -0.4 is 9.80 Å². The molecule has 2 aliphatic rings.